The van der Waals surface area contributed by atoms with Crippen molar-refractivity contribution in [3.05, 3.63) is 30.3 Å². The normalized spacial score (nSPS) is 17.4. The largest absolute Gasteiger partial charge is 0.412 e. The lowest BCUT2D eigenvalue weighted by Gasteiger charge is -2.20. The molecule has 1 atom stereocenters. The van der Waals surface area contributed by atoms with Gasteiger partial charge in [0.05, 0.1) is 0 Å². The molecular weight excluding hydrogens is 228 g/mol. The van der Waals surface area contributed by atoms with Crippen LogP contribution in [0.1, 0.15) is 19.8 Å². The van der Waals surface area contributed by atoms with Crippen LogP contribution < -0.4 is 10.1 Å². The molecule has 1 saturated heterocycles. The van der Waals surface area contributed by atoms with Crippen molar-refractivity contribution >= 4 is 6.09 Å². The number of amides is 1. The van der Waals surface area contributed by atoms with E-state index in [0.29, 0.717) is 5.75 Å². The number of carbonyl (C=O) groups is 1. The van der Waals surface area contributed by atoms with E-state index < -0.39 is 0 Å². The van der Waals surface area contributed by atoms with E-state index >= 15 is 0 Å². The summed E-state index contributed by atoms with van der Waals surface area (Å²) in [5.41, 5.74) is 0. The Hall–Kier alpha value is -1.55. The molecule has 0 aliphatic carbocycles. The summed E-state index contributed by atoms with van der Waals surface area (Å²) >= 11 is 0. The van der Waals surface area contributed by atoms with Crippen molar-refractivity contribution in [2.45, 2.75) is 25.8 Å². The highest BCUT2D eigenvalue weighted by Crippen LogP contribution is 2.09. The zero-order valence-electron chi connectivity index (χ0n) is 10.8. The van der Waals surface area contributed by atoms with Crippen molar-refractivity contribution < 1.29 is 9.53 Å². The summed E-state index contributed by atoms with van der Waals surface area (Å²) in [6.45, 7) is 5.17. The molecular formula is C14H20N2O2. The van der Waals surface area contributed by atoms with Gasteiger partial charge in [-0.05, 0) is 45.0 Å². The molecule has 0 saturated carbocycles. The van der Waals surface area contributed by atoms with Gasteiger partial charge in [-0.1, -0.05) is 18.2 Å². The van der Waals surface area contributed by atoms with E-state index in [1.807, 2.05) is 25.1 Å². The minimum atomic E-state index is -0.382. The predicted molar refractivity (Wildman–Crippen MR) is 70.7 cm³/mol. The van der Waals surface area contributed by atoms with Gasteiger partial charge >= 0.3 is 6.09 Å². The van der Waals surface area contributed by atoms with Crippen LogP contribution in [0.4, 0.5) is 4.79 Å². The molecule has 0 bridgehead atoms. The van der Waals surface area contributed by atoms with E-state index in [0.717, 1.165) is 19.6 Å². The fourth-order valence-corrected chi connectivity index (χ4v) is 2.22. The number of rotatable bonds is 4. The summed E-state index contributed by atoms with van der Waals surface area (Å²) < 4.78 is 5.18. The molecule has 0 spiro atoms. The van der Waals surface area contributed by atoms with E-state index in [1.54, 1.807) is 12.1 Å². The molecule has 1 heterocycles. The first-order chi connectivity index (χ1) is 8.74. The average molecular weight is 248 g/mol. The van der Waals surface area contributed by atoms with Crippen LogP contribution >= 0.6 is 0 Å². The third kappa shape index (κ3) is 4.04. The van der Waals surface area contributed by atoms with Gasteiger partial charge in [0, 0.05) is 12.6 Å². The van der Waals surface area contributed by atoms with Crippen molar-refractivity contribution in [3.8, 4) is 5.75 Å². The van der Waals surface area contributed by atoms with Crippen molar-refractivity contribution in [2.75, 3.05) is 19.6 Å². The van der Waals surface area contributed by atoms with Gasteiger partial charge in [-0.2, -0.15) is 0 Å². The predicted octanol–water partition coefficient (Wildman–Crippen LogP) is 2.26. The number of carbonyl (C=O) groups excluding carboxylic acids is 1. The highest BCUT2D eigenvalue weighted by Gasteiger charge is 2.16. The maximum Gasteiger partial charge on any atom is 0.412 e. The molecule has 4 nitrogen and oxygen atoms in total. The molecule has 1 aromatic rings. The lowest BCUT2D eigenvalue weighted by Crippen LogP contribution is -2.42. The summed E-state index contributed by atoms with van der Waals surface area (Å²) in [5.74, 6) is 0.573. The molecule has 1 unspecified atom stereocenters. The molecule has 1 fully saturated rings. The van der Waals surface area contributed by atoms with Crippen molar-refractivity contribution in [3.63, 3.8) is 0 Å². The highest BCUT2D eigenvalue weighted by atomic mass is 16.6. The second kappa shape index (κ2) is 6.40. The zero-order valence-corrected chi connectivity index (χ0v) is 10.8. The van der Waals surface area contributed by atoms with E-state index in [2.05, 4.69) is 10.2 Å². The molecule has 1 N–H and O–H groups in total. The summed E-state index contributed by atoms with van der Waals surface area (Å²) in [4.78, 5) is 14.0. The molecule has 4 heteroatoms. The van der Waals surface area contributed by atoms with Crippen molar-refractivity contribution in [1.29, 1.82) is 0 Å². The molecule has 1 aromatic carbocycles. The standard InChI is InChI=1S/C14H20N2O2/c1-12(11-16-9-5-6-10-16)15-14(17)18-13-7-3-2-4-8-13/h2-4,7-8,12H,5-6,9-11H2,1H3,(H,15,17). The number of benzene rings is 1. The zero-order chi connectivity index (χ0) is 12.8. The molecule has 1 aliphatic heterocycles. The highest BCUT2D eigenvalue weighted by molar-refractivity contribution is 5.70. The topological polar surface area (TPSA) is 41.6 Å². The van der Waals surface area contributed by atoms with Crippen molar-refractivity contribution in [1.82, 2.24) is 10.2 Å². The lowest BCUT2D eigenvalue weighted by molar-refractivity contribution is 0.192. The van der Waals surface area contributed by atoms with Gasteiger partial charge in [-0.3, -0.25) is 0 Å². The molecule has 98 valence electrons. The monoisotopic (exact) mass is 248 g/mol. The number of nitrogens with one attached hydrogen (secondary N) is 1. The summed E-state index contributed by atoms with van der Waals surface area (Å²) in [5, 5.41) is 2.85. The van der Waals surface area contributed by atoms with Gasteiger partial charge < -0.3 is 15.0 Å². The van der Waals surface area contributed by atoms with E-state index in [4.69, 9.17) is 4.74 Å². The van der Waals surface area contributed by atoms with Crippen LogP contribution in [0.5, 0.6) is 5.75 Å². The number of nitrogens with zero attached hydrogens (tertiary/aromatic N) is 1. The quantitative estimate of drug-likeness (QED) is 0.888. The van der Waals surface area contributed by atoms with E-state index in [-0.39, 0.29) is 12.1 Å². The van der Waals surface area contributed by atoms with Crippen LogP contribution in [0.25, 0.3) is 0 Å². The Morgan fingerprint density at radius 2 is 2.00 bits per heavy atom. The van der Waals surface area contributed by atoms with Crippen LogP contribution in [0.15, 0.2) is 30.3 Å². The molecule has 0 aromatic heterocycles. The van der Waals surface area contributed by atoms with Gasteiger partial charge in [0.15, 0.2) is 0 Å². The van der Waals surface area contributed by atoms with Crippen LogP contribution in [-0.4, -0.2) is 36.7 Å². The Morgan fingerprint density at radius 3 is 2.67 bits per heavy atom. The number of para-hydroxylation sites is 1. The number of hydrogen-bond donors (Lipinski definition) is 1. The maximum absolute atomic E-state index is 11.6. The molecule has 1 aliphatic rings. The number of ether oxygens (including phenoxy) is 1. The first-order valence-electron chi connectivity index (χ1n) is 6.50. The van der Waals surface area contributed by atoms with Gasteiger partial charge in [-0.15, -0.1) is 0 Å². The van der Waals surface area contributed by atoms with Crippen LogP contribution in [0, 0.1) is 0 Å². The van der Waals surface area contributed by atoms with E-state index in [1.165, 1.54) is 12.8 Å². The van der Waals surface area contributed by atoms with Crippen LogP contribution in [0.2, 0.25) is 0 Å². The lowest BCUT2D eigenvalue weighted by atomic mass is 10.3. The molecule has 18 heavy (non-hydrogen) atoms. The SMILES string of the molecule is CC(CN1CCCC1)NC(=O)Oc1ccccc1. The maximum atomic E-state index is 11.6. The second-order valence-electron chi connectivity index (χ2n) is 4.76. The fourth-order valence-electron chi connectivity index (χ4n) is 2.22. The molecule has 2 rings (SSSR count). The van der Waals surface area contributed by atoms with Gasteiger partial charge in [0.2, 0.25) is 0 Å². The smallest absolute Gasteiger partial charge is 0.410 e. The van der Waals surface area contributed by atoms with Crippen LogP contribution in [0.3, 0.4) is 0 Å². The minimum absolute atomic E-state index is 0.110. The Kier molecular flexibility index (Phi) is 4.59. The fraction of sp³-hybridized carbons (Fsp3) is 0.500. The Bertz CT molecular complexity index is 375. The van der Waals surface area contributed by atoms with Gasteiger partial charge in [0.25, 0.3) is 0 Å². The van der Waals surface area contributed by atoms with E-state index in [9.17, 15) is 4.79 Å². The second-order valence-corrected chi connectivity index (χ2v) is 4.76. The average Bonchev–Trinajstić information content (AvgIpc) is 2.82. The molecule has 0 radical (unpaired) electrons. The minimum Gasteiger partial charge on any atom is -0.410 e. The van der Waals surface area contributed by atoms with Crippen molar-refractivity contribution in [2.24, 2.45) is 0 Å². The first kappa shape index (κ1) is 12.9. The summed E-state index contributed by atoms with van der Waals surface area (Å²) in [6.07, 6.45) is 2.15. The Labute approximate surface area is 108 Å². The van der Waals surface area contributed by atoms with Gasteiger partial charge in [-0.25, -0.2) is 4.79 Å². The third-order valence-corrected chi connectivity index (χ3v) is 3.05. The summed E-state index contributed by atoms with van der Waals surface area (Å²) in [7, 11) is 0. The first-order valence-corrected chi connectivity index (χ1v) is 6.50. The molecule has 1 amide bonds. The number of likely N-dealkylation sites (tertiary alicyclic amines) is 1. The van der Waals surface area contributed by atoms with Gasteiger partial charge in [0.1, 0.15) is 5.75 Å². The number of hydrogen-bond acceptors (Lipinski definition) is 3. The third-order valence-electron chi connectivity index (χ3n) is 3.05. The Morgan fingerprint density at radius 1 is 1.33 bits per heavy atom. The van der Waals surface area contributed by atoms with Crippen LogP contribution in [-0.2, 0) is 0 Å². The summed E-state index contributed by atoms with van der Waals surface area (Å²) in [6, 6.07) is 9.22. The Balaban J connectivity index is 1.73.